The number of hydrogen-bond donors (Lipinski definition) is 0. The molecule has 3 rings (SSSR count). The Balaban J connectivity index is 1.67. The highest BCUT2D eigenvalue weighted by atomic mass is 14.5. The van der Waals surface area contributed by atoms with Crippen molar-refractivity contribution in [3.63, 3.8) is 0 Å². The lowest BCUT2D eigenvalue weighted by Crippen LogP contribution is -2.34. The van der Waals surface area contributed by atoms with E-state index in [0.29, 0.717) is 0 Å². The van der Waals surface area contributed by atoms with Gasteiger partial charge in [-0.25, -0.2) is 0 Å². The van der Waals surface area contributed by atoms with Crippen LogP contribution in [0.3, 0.4) is 0 Å². The van der Waals surface area contributed by atoms with E-state index in [4.69, 9.17) is 0 Å². The molecule has 3 unspecified atom stereocenters. The standard InChI is InChI=1S/C16H28/c1-2-5-13-10-11-15(12-6-3-7-12)16(13)14-8-4-9-14/h12-16H,2-11H2,1H3. The molecule has 0 radical (unpaired) electrons. The first-order valence-corrected chi connectivity index (χ1v) is 7.90. The van der Waals surface area contributed by atoms with Crippen molar-refractivity contribution in [3.8, 4) is 0 Å². The van der Waals surface area contributed by atoms with Crippen molar-refractivity contribution in [2.24, 2.45) is 29.6 Å². The van der Waals surface area contributed by atoms with Crippen molar-refractivity contribution in [1.82, 2.24) is 0 Å². The maximum atomic E-state index is 2.38. The van der Waals surface area contributed by atoms with E-state index in [2.05, 4.69) is 6.92 Å². The van der Waals surface area contributed by atoms with Crippen molar-refractivity contribution < 1.29 is 0 Å². The Hall–Kier alpha value is 0. The van der Waals surface area contributed by atoms with Crippen molar-refractivity contribution in [2.45, 2.75) is 71.1 Å². The van der Waals surface area contributed by atoms with Crippen LogP contribution in [0, 0.1) is 29.6 Å². The van der Waals surface area contributed by atoms with E-state index in [9.17, 15) is 0 Å². The van der Waals surface area contributed by atoms with Crippen LogP contribution in [0.15, 0.2) is 0 Å². The van der Waals surface area contributed by atoms with Gasteiger partial charge in [0.05, 0.1) is 0 Å². The molecule has 3 aliphatic rings. The van der Waals surface area contributed by atoms with Crippen LogP contribution in [-0.4, -0.2) is 0 Å². The lowest BCUT2D eigenvalue weighted by atomic mass is 9.62. The summed E-state index contributed by atoms with van der Waals surface area (Å²) in [6, 6.07) is 0. The van der Waals surface area contributed by atoms with Gasteiger partial charge in [-0.15, -0.1) is 0 Å². The van der Waals surface area contributed by atoms with E-state index in [1.54, 1.807) is 38.5 Å². The molecule has 3 aliphatic carbocycles. The van der Waals surface area contributed by atoms with Gasteiger partial charge in [0.2, 0.25) is 0 Å². The van der Waals surface area contributed by atoms with E-state index in [1.807, 2.05) is 0 Å². The lowest BCUT2D eigenvalue weighted by molar-refractivity contribution is 0.0655. The second-order valence-corrected chi connectivity index (χ2v) is 6.75. The zero-order chi connectivity index (χ0) is 11.0. The first kappa shape index (κ1) is 11.1. The quantitative estimate of drug-likeness (QED) is 0.623. The summed E-state index contributed by atoms with van der Waals surface area (Å²) in [7, 11) is 0. The van der Waals surface area contributed by atoms with E-state index in [-0.39, 0.29) is 0 Å². The third-order valence-electron chi connectivity index (χ3n) is 6.02. The molecular formula is C16H28. The van der Waals surface area contributed by atoms with Gasteiger partial charge in [-0.3, -0.25) is 0 Å². The molecule has 3 fully saturated rings. The van der Waals surface area contributed by atoms with Gasteiger partial charge in [-0.1, -0.05) is 58.3 Å². The first-order valence-electron chi connectivity index (χ1n) is 7.90. The van der Waals surface area contributed by atoms with Crippen LogP contribution in [0.25, 0.3) is 0 Å². The molecule has 0 saturated heterocycles. The smallest absolute Gasteiger partial charge is 0.0326 e. The monoisotopic (exact) mass is 220 g/mol. The molecule has 16 heavy (non-hydrogen) atoms. The summed E-state index contributed by atoms with van der Waals surface area (Å²) in [5, 5.41) is 0. The number of rotatable bonds is 4. The molecule has 0 aromatic rings. The predicted molar refractivity (Wildman–Crippen MR) is 69.3 cm³/mol. The molecule has 0 heterocycles. The van der Waals surface area contributed by atoms with Crippen molar-refractivity contribution in [2.75, 3.05) is 0 Å². The predicted octanol–water partition coefficient (Wildman–Crippen LogP) is 5.03. The molecule has 3 saturated carbocycles. The van der Waals surface area contributed by atoms with Gasteiger partial charge in [0.1, 0.15) is 0 Å². The summed E-state index contributed by atoms with van der Waals surface area (Å²) >= 11 is 0. The van der Waals surface area contributed by atoms with Crippen LogP contribution in [0.1, 0.15) is 71.1 Å². The summed E-state index contributed by atoms with van der Waals surface area (Å²) < 4.78 is 0. The highest BCUT2D eigenvalue weighted by molar-refractivity contribution is 4.95. The average Bonchev–Trinajstić information content (AvgIpc) is 2.46. The summed E-state index contributed by atoms with van der Waals surface area (Å²) in [5.41, 5.74) is 0. The van der Waals surface area contributed by atoms with Crippen molar-refractivity contribution >= 4 is 0 Å². The zero-order valence-corrected chi connectivity index (χ0v) is 11.0. The summed E-state index contributed by atoms with van der Waals surface area (Å²) in [6.07, 6.45) is 15.5. The first-order chi connectivity index (χ1) is 7.90. The van der Waals surface area contributed by atoms with Gasteiger partial charge in [-0.2, -0.15) is 0 Å². The average molecular weight is 220 g/mol. The summed E-state index contributed by atoms with van der Waals surface area (Å²) in [5.74, 6) is 5.77. The van der Waals surface area contributed by atoms with Gasteiger partial charge in [0.25, 0.3) is 0 Å². The molecule has 0 aliphatic heterocycles. The molecule has 0 amide bonds. The Morgan fingerprint density at radius 1 is 0.812 bits per heavy atom. The molecule has 0 aromatic heterocycles. The van der Waals surface area contributed by atoms with Crippen LogP contribution < -0.4 is 0 Å². The van der Waals surface area contributed by atoms with Gasteiger partial charge >= 0.3 is 0 Å². The Morgan fingerprint density at radius 3 is 2.00 bits per heavy atom. The molecule has 0 nitrogen and oxygen atoms in total. The lowest BCUT2D eigenvalue weighted by Gasteiger charge is -2.43. The van der Waals surface area contributed by atoms with Gasteiger partial charge in [0.15, 0.2) is 0 Å². The fourth-order valence-corrected chi connectivity index (χ4v) is 4.83. The number of hydrogen-bond acceptors (Lipinski definition) is 0. The summed E-state index contributed by atoms with van der Waals surface area (Å²) in [4.78, 5) is 0. The minimum atomic E-state index is 1.13. The van der Waals surface area contributed by atoms with Gasteiger partial charge in [0, 0.05) is 0 Å². The highest BCUT2D eigenvalue weighted by Gasteiger charge is 2.45. The van der Waals surface area contributed by atoms with Crippen LogP contribution in [0.4, 0.5) is 0 Å². The highest BCUT2D eigenvalue weighted by Crippen LogP contribution is 2.55. The normalized spacial score (nSPS) is 40.7. The van der Waals surface area contributed by atoms with E-state index in [1.165, 1.54) is 31.6 Å². The molecule has 0 aromatic carbocycles. The largest absolute Gasteiger partial charge is 0.0654 e. The summed E-state index contributed by atoms with van der Waals surface area (Å²) in [6.45, 7) is 2.38. The second kappa shape index (κ2) is 4.70. The van der Waals surface area contributed by atoms with Crippen LogP contribution in [0.2, 0.25) is 0 Å². The zero-order valence-electron chi connectivity index (χ0n) is 11.0. The van der Waals surface area contributed by atoms with Crippen molar-refractivity contribution in [3.05, 3.63) is 0 Å². The maximum absolute atomic E-state index is 2.38. The second-order valence-electron chi connectivity index (χ2n) is 6.75. The molecule has 3 atom stereocenters. The van der Waals surface area contributed by atoms with Gasteiger partial charge in [-0.05, 0) is 42.4 Å². The fraction of sp³-hybridized carbons (Fsp3) is 1.00. The maximum Gasteiger partial charge on any atom is -0.0326 e. The minimum Gasteiger partial charge on any atom is -0.0654 e. The third-order valence-corrected chi connectivity index (χ3v) is 6.02. The van der Waals surface area contributed by atoms with E-state index in [0.717, 1.165) is 23.7 Å². The molecule has 0 spiro atoms. The van der Waals surface area contributed by atoms with Gasteiger partial charge < -0.3 is 0 Å². The Kier molecular flexibility index (Phi) is 3.27. The Labute approximate surface area is 101 Å². The minimum absolute atomic E-state index is 1.13. The van der Waals surface area contributed by atoms with Crippen LogP contribution >= 0.6 is 0 Å². The van der Waals surface area contributed by atoms with E-state index >= 15 is 0 Å². The third kappa shape index (κ3) is 1.83. The molecule has 92 valence electrons. The topological polar surface area (TPSA) is 0 Å². The fourth-order valence-electron chi connectivity index (χ4n) is 4.83. The van der Waals surface area contributed by atoms with Crippen molar-refractivity contribution in [1.29, 1.82) is 0 Å². The molecule has 0 bridgehead atoms. The Morgan fingerprint density at radius 2 is 1.50 bits per heavy atom. The van der Waals surface area contributed by atoms with E-state index < -0.39 is 0 Å². The molecule has 0 N–H and O–H groups in total. The molecular weight excluding hydrogens is 192 g/mol. The van der Waals surface area contributed by atoms with Crippen LogP contribution in [-0.2, 0) is 0 Å². The SMILES string of the molecule is CCCC1CCC(C2CCC2)C1C1CCC1. The molecule has 0 heteroatoms. The van der Waals surface area contributed by atoms with Crippen LogP contribution in [0.5, 0.6) is 0 Å². The Bertz CT molecular complexity index is 224.